The van der Waals surface area contributed by atoms with Crippen LogP contribution >= 0.6 is 0 Å². The standard InChI is InChI=1S/C19H25N3O3/c1-2-4-18(24)21-9-3-10-22(12-11-21)19(25)15-5-7-16-14(13-15)6-8-17(23)20-16/h5,7,13H,2-4,6,8-12H2,1H3,(H,20,23). The van der Waals surface area contributed by atoms with Gasteiger partial charge in [0, 0.05) is 50.3 Å². The predicted octanol–water partition coefficient (Wildman–Crippen LogP) is 2.05. The molecule has 0 saturated carbocycles. The van der Waals surface area contributed by atoms with E-state index < -0.39 is 0 Å². The van der Waals surface area contributed by atoms with Crippen LogP contribution in [0.5, 0.6) is 0 Å². The third-order valence-electron chi connectivity index (χ3n) is 4.85. The van der Waals surface area contributed by atoms with Crippen LogP contribution in [0.1, 0.15) is 48.5 Å². The summed E-state index contributed by atoms with van der Waals surface area (Å²) in [5.74, 6) is 0.210. The van der Waals surface area contributed by atoms with Gasteiger partial charge in [-0.15, -0.1) is 0 Å². The van der Waals surface area contributed by atoms with E-state index in [0.717, 1.165) is 30.6 Å². The highest BCUT2D eigenvalue weighted by atomic mass is 16.2. The second-order valence-corrected chi connectivity index (χ2v) is 6.70. The molecule has 2 aliphatic heterocycles. The van der Waals surface area contributed by atoms with Crippen LogP contribution in [0.2, 0.25) is 0 Å². The number of hydrogen-bond donors (Lipinski definition) is 1. The average molecular weight is 343 g/mol. The quantitative estimate of drug-likeness (QED) is 0.913. The van der Waals surface area contributed by atoms with Crippen LogP contribution in [0.4, 0.5) is 5.69 Å². The maximum Gasteiger partial charge on any atom is 0.253 e. The fraction of sp³-hybridized carbons (Fsp3) is 0.526. The van der Waals surface area contributed by atoms with Crippen molar-refractivity contribution in [1.82, 2.24) is 9.80 Å². The first-order valence-corrected chi connectivity index (χ1v) is 9.08. The molecule has 6 heteroatoms. The number of benzene rings is 1. The summed E-state index contributed by atoms with van der Waals surface area (Å²) in [7, 11) is 0. The van der Waals surface area contributed by atoms with Crippen LogP contribution in [-0.2, 0) is 16.0 Å². The Hall–Kier alpha value is -2.37. The molecular formula is C19H25N3O3. The van der Waals surface area contributed by atoms with Crippen LogP contribution in [0.15, 0.2) is 18.2 Å². The van der Waals surface area contributed by atoms with E-state index in [0.29, 0.717) is 44.5 Å². The van der Waals surface area contributed by atoms with Gasteiger partial charge in [0.2, 0.25) is 11.8 Å². The van der Waals surface area contributed by atoms with E-state index in [9.17, 15) is 14.4 Å². The van der Waals surface area contributed by atoms with Gasteiger partial charge in [0.25, 0.3) is 5.91 Å². The van der Waals surface area contributed by atoms with Gasteiger partial charge < -0.3 is 15.1 Å². The first kappa shape index (κ1) is 17.5. The van der Waals surface area contributed by atoms with E-state index in [1.54, 1.807) is 6.07 Å². The first-order chi connectivity index (χ1) is 12.1. The van der Waals surface area contributed by atoms with Crippen LogP contribution in [0, 0.1) is 0 Å². The molecule has 0 radical (unpaired) electrons. The number of nitrogens with one attached hydrogen (secondary N) is 1. The zero-order chi connectivity index (χ0) is 17.8. The van der Waals surface area contributed by atoms with Gasteiger partial charge in [0.05, 0.1) is 0 Å². The van der Waals surface area contributed by atoms with Crippen LogP contribution in [0.25, 0.3) is 0 Å². The van der Waals surface area contributed by atoms with Crippen molar-refractivity contribution in [3.63, 3.8) is 0 Å². The first-order valence-electron chi connectivity index (χ1n) is 9.08. The van der Waals surface area contributed by atoms with Gasteiger partial charge in [0.15, 0.2) is 0 Å². The zero-order valence-electron chi connectivity index (χ0n) is 14.7. The Bertz CT molecular complexity index is 686. The average Bonchev–Trinajstić information content (AvgIpc) is 2.87. The molecule has 1 N–H and O–H groups in total. The lowest BCUT2D eigenvalue weighted by Crippen LogP contribution is -2.37. The molecule has 0 aliphatic carbocycles. The highest BCUT2D eigenvalue weighted by molar-refractivity contribution is 5.98. The van der Waals surface area contributed by atoms with Gasteiger partial charge >= 0.3 is 0 Å². The highest BCUT2D eigenvalue weighted by Crippen LogP contribution is 2.24. The molecule has 25 heavy (non-hydrogen) atoms. The summed E-state index contributed by atoms with van der Waals surface area (Å²) >= 11 is 0. The normalized spacial score (nSPS) is 17.6. The Morgan fingerprint density at radius 1 is 1.08 bits per heavy atom. The van der Waals surface area contributed by atoms with Crippen molar-refractivity contribution in [2.45, 2.75) is 39.0 Å². The summed E-state index contributed by atoms with van der Waals surface area (Å²) < 4.78 is 0. The Morgan fingerprint density at radius 3 is 2.64 bits per heavy atom. The number of aryl methyl sites for hydroxylation is 1. The Balaban J connectivity index is 1.67. The second-order valence-electron chi connectivity index (χ2n) is 6.70. The van der Waals surface area contributed by atoms with E-state index in [1.165, 1.54) is 0 Å². The molecule has 0 bridgehead atoms. The van der Waals surface area contributed by atoms with Crippen LogP contribution in [-0.4, -0.2) is 53.7 Å². The molecule has 2 heterocycles. The molecule has 1 saturated heterocycles. The molecule has 6 nitrogen and oxygen atoms in total. The van der Waals surface area contributed by atoms with E-state index in [1.807, 2.05) is 28.9 Å². The van der Waals surface area contributed by atoms with Crippen LogP contribution < -0.4 is 5.32 Å². The molecule has 3 amide bonds. The lowest BCUT2D eigenvalue weighted by atomic mass is 10.00. The summed E-state index contributed by atoms with van der Waals surface area (Å²) in [5, 5.41) is 2.84. The minimum atomic E-state index is 0.00416. The molecular weight excluding hydrogens is 318 g/mol. The minimum absolute atomic E-state index is 0.00416. The smallest absolute Gasteiger partial charge is 0.253 e. The summed E-state index contributed by atoms with van der Waals surface area (Å²) in [6, 6.07) is 5.48. The number of carbonyl (C=O) groups is 3. The summed E-state index contributed by atoms with van der Waals surface area (Å²) in [6.07, 6.45) is 3.36. The molecule has 0 spiro atoms. The van der Waals surface area contributed by atoms with E-state index in [4.69, 9.17) is 0 Å². The maximum atomic E-state index is 12.8. The predicted molar refractivity (Wildman–Crippen MR) is 95.4 cm³/mol. The molecule has 0 unspecified atom stereocenters. The number of rotatable bonds is 3. The van der Waals surface area contributed by atoms with Gasteiger partial charge in [-0.2, -0.15) is 0 Å². The van der Waals surface area contributed by atoms with Crippen molar-refractivity contribution < 1.29 is 14.4 Å². The van der Waals surface area contributed by atoms with Crippen molar-refractivity contribution in [3.05, 3.63) is 29.3 Å². The van der Waals surface area contributed by atoms with Crippen molar-refractivity contribution in [3.8, 4) is 0 Å². The molecule has 1 aromatic rings. The number of anilines is 1. The molecule has 2 aliphatic rings. The minimum Gasteiger partial charge on any atom is -0.341 e. The summed E-state index contributed by atoms with van der Waals surface area (Å²) in [4.78, 5) is 40.1. The number of hydrogen-bond acceptors (Lipinski definition) is 3. The molecule has 3 rings (SSSR count). The largest absolute Gasteiger partial charge is 0.341 e. The van der Waals surface area contributed by atoms with E-state index in [2.05, 4.69) is 5.32 Å². The van der Waals surface area contributed by atoms with E-state index >= 15 is 0 Å². The monoisotopic (exact) mass is 343 g/mol. The van der Waals surface area contributed by atoms with Gasteiger partial charge in [-0.05, 0) is 43.0 Å². The number of fused-ring (bicyclic) bond motifs is 1. The number of nitrogens with zero attached hydrogens (tertiary/aromatic N) is 2. The molecule has 1 fully saturated rings. The molecule has 0 atom stereocenters. The van der Waals surface area contributed by atoms with Gasteiger partial charge in [-0.25, -0.2) is 0 Å². The summed E-state index contributed by atoms with van der Waals surface area (Å²) in [5.41, 5.74) is 2.48. The fourth-order valence-corrected chi connectivity index (χ4v) is 3.44. The SMILES string of the molecule is CCCC(=O)N1CCCN(C(=O)c2ccc3c(c2)CCC(=O)N3)CC1. The van der Waals surface area contributed by atoms with Crippen molar-refractivity contribution in [2.75, 3.05) is 31.5 Å². The Kier molecular flexibility index (Phi) is 5.36. The lowest BCUT2D eigenvalue weighted by molar-refractivity contribution is -0.131. The maximum absolute atomic E-state index is 12.8. The van der Waals surface area contributed by atoms with Crippen molar-refractivity contribution in [1.29, 1.82) is 0 Å². The van der Waals surface area contributed by atoms with E-state index in [-0.39, 0.29) is 17.7 Å². The lowest BCUT2D eigenvalue weighted by Gasteiger charge is -2.23. The third-order valence-corrected chi connectivity index (χ3v) is 4.85. The Morgan fingerprint density at radius 2 is 1.84 bits per heavy atom. The zero-order valence-corrected chi connectivity index (χ0v) is 14.7. The molecule has 0 aromatic heterocycles. The Labute approximate surface area is 148 Å². The molecule has 134 valence electrons. The highest BCUT2D eigenvalue weighted by Gasteiger charge is 2.23. The fourth-order valence-electron chi connectivity index (χ4n) is 3.44. The topological polar surface area (TPSA) is 69.7 Å². The number of amides is 3. The summed E-state index contributed by atoms with van der Waals surface area (Å²) in [6.45, 7) is 4.57. The van der Waals surface area contributed by atoms with Crippen molar-refractivity contribution >= 4 is 23.4 Å². The van der Waals surface area contributed by atoms with Crippen molar-refractivity contribution in [2.24, 2.45) is 0 Å². The molecule has 1 aromatic carbocycles. The van der Waals surface area contributed by atoms with Gasteiger partial charge in [-0.1, -0.05) is 6.92 Å². The van der Waals surface area contributed by atoms with Crippen LogP contribution in [0.3, 0.4) is 0 Å². The van der Waals surface area contributed by atoms with Gasteiger partial charge in [-0.3, -0.25) is 14.4 Å². The second kappa shape index (κ2) is 7.68. The third kappa shape index (κ3) is 4.00. The number of carbonyl (C=O) groups excluding carboxylic acids is 3. The van der Waals surface area contributed by atoms with Gasteiger partial charge in [0.1, 0.15) is 0 Å².